The fourth-order valence-electron chi connectivity index (χ4n) is 2.26. The lowest BCUT2D eigenvalue weighted by Crippen LogP contribution is -2.28. The van der Waals surface area contributed by atoms with Crippen LogP contribution in [-0.4, -0.2) is 43.6 Å². The SMILES string of the molecule is COC(=O)COc1ccc(/C=C(\C#N)C(=O)N2CCCC2)cc1. The molecule has 120 valence electrons. The molecular formula is C17H18N2O4. The molecule has 0 spiro atoms. The molecule has 0 aromatic heterocycles. The molecule has 1 aromatic carbocycles. The summed E-state index contributed by atoms with van der Waals surface area (Å²) < 4.78 is 9.72. The van der Waals surface area contributed by atoms with E-state index >= 15 is 0 Å². The van der Waals surface area contributed by atoms with Gasteiger partial charge in [-0.25, -0.2) is 4.79 Å². The van der Waals surface area contributed by atoms with Crippen molar-refractivity contribution in [2.75, 3.05) is 26.8 Å². The topological polar surface area (TPSA) is 79.6 Å². The van der Waals surface area contributed by atoms with Crippen molar-refractivity contribution in [3.05, 3.63) is 35.4 Å². The number of ether oxygens (including phenoxy) is 2. The van der Waals surface area contributed by atoms with Crippen molar-refractivity contribution in [2.24, 2.45) is 0 Å². The lowest BCUT2D eigenvalue weighted by atomic mass is 10.1. The van der Waals surface area contributed by atoms with E-state index in [1.54, 1.807) is 35.2 Å². The van der Waals surface area contributed by atoms with Crippen molar-refractivity contribution in [2.45, 2.75) is 12.8 Å². The number of esters is 1. The molecule has 1 aromatic rings. The number of nitrogens with zero attached hydrogens (tertiary/aromatic N) is 2. The molecule has 0 saturated carbocycles. The number of amides is 1. The van der Waals surface area contributed by atoms with Gasteiger partial charge in [-0.3, -0.25) is 4.79 Å². The van der Waals surface area contributed by atoms with Crippen LogP contribution < -0.4 is 4.74 Å². The maximum Gasteiger partial charge on any atom is 0.343 e. The van der Waals surface area contributed by atoms with Gasteiger partial charge in [-0.05, 0) is 36.6 Å². The molecule has 1 fully saturated rings. The zero-order valence-corrected chi connectivity index (χ0v) is 12.9. The fourth-order valence-corrected chi connectivity index (χ4v) is 2.26. The van der Waals surface area contributed by atoms with Gasteiger partial charge in [0.25, 0.3) is 5.91 Å². The highest BCUT2D eigenvalue weighted by atomic mass is 16.6. The molecule has 0 unspecified atom stereocenters. The van der Waals surface area contributed by atoms with E-state index in [1.165, 1.54) is 7.11 Å². The van der Waals surface area contributed by atoms with E-state index in [0.717, 1.165) is 18.4 Å². The van der Waals surface area contributed by atoms with Crippen LogP contribution in [0.4, 0.5) is 0 Å². The summed E-state index contributed by atoms with van der Waals surface area (Å²) in [5, 5.41) is 9.20. The summed E-state index contributed by atoms with van der Waals surface area (Å²) in [4.78, 5) is 24.9. The van der Waals surface area contributed by atoms with E-state index in [0.29, 0.717) is 18.8 Å². The Balaban J connectivity index is 2.04. The molecule has 6 heteroatoms. The van der Waals surface area contributed by atoms with E-state index < -0.39 is 5.97 Å². The first-order chi connectivity index (χ1) is 11.1. The van der Waals surface area contributed by atoms with Crippen molar-refractivity contribution in [3.63, 3.8) is 0 Å². The number of carbonyl (C=O) groups is 2. The van der Waals surface area contributed by atoms with Crippen LogP contribution >= 0.6 is 0 Å². The van der Waals surface area contributed by atoms with Gasteiger partial charge in [0.1, 0.15) is 17.4 Å². The standard InChI is InChI=1S/C17H18N2O4/c1-22-16(20)12-23-15-6-4-13(5-7-15)10-14(11-18)17(21)19-8-2-3-9-19/h4-7,10H,2-3,8-9,12H2,1H3/b14-10+. The maximum atomic E-state index is 12.2. The number of likely N-dealkylation sites (tertiary alicyclic amines) is 1. The summed E-state index contributed by atoms with van der Waals surface area (Å²) in [6, 6.07) is 8.76. The van der Waals surface area contributed by atoms with Gasteiger partial charge in [-0.15, -0.1) is 0 Å². The first kappa shape index (κ1) is 16.6. The first-order valence-corrected chi connectivity index (χ1v) is 7.35. The highest BCUT2D eigenvalue weighted by Crippen LogP contribution is 2.17. The largest absolute Gasteiger partial charge is 0.482 e. The second kappa shape index (κ2) is 7.99. The number of nitriles is 1. The summed E-state index contributed by atoms with van der Waals surface area (Å²) in [7, 11) is 1.29. The predicted octanol–water partition coefficient (Wildman–Crippen LogP) is 1.77. The third-order valence-corrected chi connectivity index (χ3v) is 3.52. The third-order valence-electron chi connectivity index (χ3n) is 3.52. The molecule has 23 heavy (non-hydrogen) atoms. The first-order valence-electron chi connectivity index (χ1n) is 7.35. The average Bonchev–Trinajstić information content (AvgIpc) is 3.12. The molecule has 0 radical (unpaired) electrons. The van der Waals surface area contributed by atoms with Gasteiger partial charge < -0.3 is 14.4 Å². The average molecular weight is 314 g/mol. The van der Waals surface area contributed by atoms with E-state index in [-0.39, 0.29) is 18.1 Å². The third kappa shape index (κ3) is 4.58. The molecule has 2 rings (SSSR count). The second-order valence-electron chi connectivity index (χ2n) is 5.10. The quantitative estimate of drug-likeness (QED) is 0.470. The molecule has 1 aliphatic rings. The monoisotopic (exact) mass is 314 g/mol. The smallest absolute Gasteiger partial charge is 0.343 e. The van der Waals surface area contributed by atoms with Crippen LogP contribution in [0, 0.1) is 11.3 Å². The lowest BCUT2D eigenvalue weighted by molar-refractivity contribution is -0.142. The summed E-state index contributed by atoms with van der Waals surface area (Å²) in [5.41, 5.74) is 0.842. The van der Waals surface area contributed by atoms with Gasteiger partial charge in [0, 0.05) is 13.1 Å². The van der Waals surface area contributed by atoms with Crippen LogP contribution in [-0.2, 0) is 14.3 Å². The van der Waals surface area contributed by atoms with E-state index in [9.17, 15) is 14.9 Å². The van der Waals surface area contributed by atoms with Crippen LogP contribution in [0.25, 0.3) is 6.08 Å². The predicted molar refractivity (Wildman–Crippen MR) is 83.4 cm³/mol. The van der Waals surface area contributed by atoms with E-state index in [2.05, 4.69) is 4.74 Å². The van der Waals surface area contributed by atoms with Crippen molar-refractivity contribution in [3.8, 4) is 11.8 Å². The minimum Gasteiger partial charge on any atom is -0.482 e. The van der Waals surface area contributed by atoms with Crippen LogP contribution in [0.15, 0.2) is 29.8 Å². The van der Waals surface area contributed by atoms with Gasteiger partial charge in [0.15, 0.2) is 6.61 Å². The molecule has 1 saturated heterocycles. The summed E-state index contributed by atoms with van der Waals surface area (Å²) in [6.45, 7) is 1.25. The molecule has 6 nitrogen and oxygen atoms in total. The van der Waals surface area contributed by atoms with Crippen LogP contribution in [0.1, 0.15) is 18.4 Å². The van der Waals surface area contributed by atoms with Gasteiger partial charge in [0.05, 0.1) is 7.11 Å². The Hall–Kier alpha value is -2.81. The highest BCUT2D eigenvalue weighted by Gasteiger charge is 2.21. The van der Waals surface area contributed by atoms with Gasteiger partial charge in [-0.2, -0.15) is 5.26 Å². The normalized spacial score (nSPS) is 14.3. The van der Waals surface area contributed by atoms with Crippen molar-refractivity contribution >= 4 is 18.0 Å². The van der Waals surface area contributed by atoms with E-state index in [4.69, 9.17) is 4.74 Å². The fraction of sp³-hybridized carbons (Fsp3) is 0.353. The second-order valence-corrected chi connectivity index (χ2v) is 5.10. The summed E-state index contributed by atoms with van der Waals surface area (Å²) in [6.07, 6.45) is 3.53. The zero-order chi connectivity index (χ0) is 16.7. The molecule has 0 N–H and O–H groups in total. The number of hydrogen-bond donors (Lipinski definition) is 0. The number of methoxy groups -OCH3 is 1. The van der Waals surface area contributed by atoms with Crippen LogP contribution in [0.3, 0.4) is 0 Å². The minimum atomic E-state index is -0.461. The van der Waals surface area contributed by atoms with Gasteiger partial charge in [0.2, 0.25) is 0 Å². The maximum absolute atomic E-state index is 12.2. The highest BCUT2D eigenvalue weighted by molar-refractivity contribution is 6.01. The molecule has 0 atom stereocenters. The molecule has 1 amide bonds. The Labute approximate surface area is 134 Å². The number of carbonyl (C=O) groups excluding carboxylic acids is 2. The molecule has 1 heterocycles. The van der Waals surface area contributed by atoms with Gasteiger partial charge >= 0.3 is 5.97 Å². The van der Waals surface area contributed by atoms with Gasteiger partial charge in [-0.1, -0.05) is 12.1 Å². The van der Waals surface area contributed by atoms with Crippen molar-refractivity contribution in [1.29, 1.82) is 5.26 Å². The molecule has 1 aliphatic heterocycles. The Bertz CT molecular complexity index is 638. The number of hydrogen-bond acceptors (Lipinski definition) is 5. The Kier molecular flexibility index (Phi) is 5.75. The Morgan fingerprint density at radius 2 is 1.91 bits per heavy atom. The van der Waals surface area contributed by atoms with Crippen LogP contribution in [0.5, 0.6) is 5.75 Å². The minimum absolute atomic E-state index is 0.120. The summed E-state index contributed by atoms with van der Waals surface area (Å²) >= 11 is 0. The molecule has 0 aliphatic carbocycles. The summed E-state index contributed by atoms with van der Waals surface area (Å²) in [5.74, 6) is -0.176. The molecular weight excluding hydrogens is 296 g/mol. The zero-order valence-electron chi connectivity index (χ0n) is 12.9. The lowest BCUT2D eigenvalue weighted by Gasteiger charge is -2.14. The Morgan fingerprint density at radius 1 is 1.26 bits per heavy atom. The van der Waals surface area contributed by atoms with Crippen molar-refractivity contribution in [1.82, 2.24) is 4.90 Å². The number of rotatable bonds is 5. The van der Waals surface area contributed by atoms with Crippen LogP contribution in [0.2, 0.25) is 0 Å². The van der Waals surface area contributed by atoms with Crippen molar-refractivity contribution < 1.29 is 19.1 Å². The molecule has 0 bridgehead atoms. The number of benzene rings is 1. The van der Waals surface area contributed by atoms with E-state index in [1.807, 2.05) is 6.07 Å². The Morgan fingerprint density at radius 3 is 2.48 bits per heavy atom.